The molecular weight excluding hydrogens is 340 g/mol. The van der Waals surface area contributed by atoms with Crippen LogP contribution in [0.15, 0.2) is 79.4 Å². The van der Waals surface area contributed by atoms with Crippen molar-refractivity contribution in [2.24, 2.45) is 0 Å². The van der Waals surface area contributed by atoms with Gasteiger partial charge in [-0.3, -0.25) is 0 Å². The molecule has 0 fully saturated rings. The summed E-state index contributed by atoms with van der Waals surface area (Å²) >= 11 is 0. The van der Waals surface area contributed by atoms with E-state index in [2.05, 4.69) is 13.2 Å². The average Bonchev–Trinajstić information content (AvgIpc) is 2.69. The zero-order chi connectivity index (χ0) is 19.8. The van der Waals surface area contributed by atoms with Gasteiger partial charge < -0.3 is 9.47 Å². The van der Waals surface area contributed by atoms with Gasteiger partial charge in [0, 0.05) is 0 Å². The molecule has 0 aliphatic heterocycles. The Bertz CT molecular complexity index is 892. The van der Waals surface area contributed by atoms with E-state index in [4.69, 9.17) is 9.47 Å². The van der Waals surface area contributed by atoms with Gasteiger partial charge in [-0.15, -0.1) is 0 Å². The number of rotatable bonds is 7. The predicted octanol–water partition coefficient (Wildman–Crippen LogP) is 4.65. The van der Waals surface area contributed by atoms with Crippen molar-refractivity contribution in [3.05, 3.63) is 102 Å². The number of allylic oxidation sites excluding steroid dienone is 2. The zero-order valence-electron chi connectivity index (χ0n) is 15.5. The van der Waals surface area contributed by atoms with Gasteiger partial charge in [-0.2, -0.15) is 0 Å². The molecule has 2 aromatic carbocycles. The standard InChI is InChI=1S/C23H22O4/c1-5-9-21(22(24)26-4)17(3)19-12-13-20(16(2)14-19)23(25)27-15-18-10-7-6-8-11-18/h5-14H,1,3,15H2,2,4H3/b21-9+. The Hall–Kier alpha value is -3.40. The van der Waals surface area contributed by atoms with Crippen LogP contribution in [0.1, 0.15) is 27.0 Å². The second kappa shape index (κ2) is 9.34. The summed E-state index contributed by atoms with van der Waals surface area (Å²) in [6.07, 6.45) is 3.05. The lowest BCUT2D eigenvalue weighted by Gasteiger charge is -2.12. The number of carbonyl (C=O) groups is 2. The number of aryl methyl sites for hydroxylation is 1. The molecule has 4 heteroatoms. The third kappa shape index (κ3) is 5.05. The summed E-state index contributed by atoms with van der Waals surface area (Å²) in [4.78, 5) is 24.3. The monoisotopic (exact) mass is 362 g/mol. The van der Waals surface area contributed by atoms with Gasteiger partial charge >= 0.3 is 11.9 Å². The maximum atomic E-state index is 12.4. The lowest BCUT2D eigenvalue weighted by atomic mass is 9.95. The molecule has 27 heavy (non-hydrogen) atoms. The molecule has 0 aromatic heterocycles. The van der Waals surface area contributed by atoms with Gasteiger partial charge in [-0.1, -0.05) is 61.7 Å². The Labute approximate surface area is 159 Å². The largest absolute Gasteiger partial charge is 0.465 e. The number of ether oxygens (including phenoxy) is 2. The average molecular weight is 362 g/mol. The number of hydrogen-bond acceptors (Lipinski definition) is 4. The Morgan fingerprint density at radius 1 is 1.11 bits per heavy atom. The zero-order valence-corrected chi connectivity index (χ0v) is 15.5. The van der Waals surface area contributed by atoms with Crippen molar-refractivity contribution < 1.29 is 19.1 Å². The molecule has 0 saturated heterocycles. The highest BCUT2D eigenvalue weighted by Crippen LogP contribution is 2.25. The summed E-state index contributed by atoms with van der Waals surface area (Å²) < 4.78 is 10.2. The first-order valence-corrected chi connectivity index (χ1v) is 8.40. The topological polar surface area (TPSA) is 52.6 Å². The van der Waals surface area contributed by atoms with Crippen LogP contribution in [0, 0.1) is 6.92 Å². The highest BCUT2D eigenvalue weighted by molar-refractivity contribution is 6.06. The molecule has 0 heterocycles. The van der Waals surface area contributed by atoms with Crippen LogP contribution in [0.4, 0.5) is 0 Å². The van der Waals surface area contributed by atoms with Gasteiger partial charge in [-0.05, 0) is 41.3 Å². The Kier molecular flexibility index (Phi) is 6.89. The van der Waals surface area contributed by atoms with Crippen molar-refractivity contribution in [2.75, 3.05) is 7.11 Å². The van der Waals surface area contributed by atoms with E-state index in [1.54, 1.807) is 24.3 Å². The van der Waals surface area contributed by atoms with E-state index in [0.29, 0.717) is 22.3 Å². The fourth-order valence-corrected chi connectivity index (χ4v) is 2.56. The molecule has 0 unspecified atom stereocenters. The Morgan fingerprint density at radius 3 is 2.41 bits per heavy atom. The molecule has 0 spiro atoms. The van der Waals surface area contributed by atoms with Crippen molar-refractivity contribution in [1.82, 2.24) is 0 Å². The van der Waals surface area contributed by atoms with Crippen LogP contribution in [-0.2, 0) is 20.9 Å². The summed E-state index contributed by atoms with van der Waals surface area (Å²) in [5.41, 5.74) is 3.64. The number of hydrogen-bond donors (Lipinski definition) is 0. The van der Waals surface area contributed by atoms with E-state index in [9.17, 15) is 9.59 Å². The molecule has 2 rings (SSSR count). The van der Waals surface area contributed by atoms with E-state index in [1.165, 1.54) is 13.2 Å². The maximum Gasteiger partial charge on any atom is 0.338 e. The molecule has 138 valence electrons. The van der Waals surface area contributed by atoms with Gasteiger partial charge in [-0.25, -0.2) is 9.59 Å². The minimum atomic E-state index is -0.496. The highest BCUT2D eigenvalue weighted by Gasteiger charge is 2.17. The van der Waals surface area contributed by atoms with E-state index < -0.39 is 11.9 Å². The molecule has 0 bridgehead atoms. The van der Waals surface area contributed by atoms with E-state index in [1.807, 2.05) is 37.3 Å². The number of carbonyl (C=O) groups excluding carboxylic acids is 2. The lowest BCUT2D eigenvalue weighted by molar-refractivity contribution is -0.135. The second-order valence-corrected chi connectivity index (χ2v) is 5.88. The van der Waals surface area contributed by atoms with Crippen LogP contribution in [-0.4, -0.2) is 19.0 Å². The second-order valence-electron chi connectivity index (χ2n) is 5.88. The van der Waals surface area contributed by atoms with Crippen LogP contribution in [0.2, 0.25) is 0 Å². The van der Waals surface area contributed by atoms with Gasteiger partial charge in [0.05, 0.1) is 18.2 Å². The number of esters is 2. The molecule has 4 nitrogen and oxygen atoms in total. The lowest BCUT2D eigenvalue weighted by Crippen LogP contribution is -2.09. The van der Waals surface area contributed by atoms with E-state index in [-0.39, 0.29) is 6.61 Å². The number of methoxy groups -OCH3 is 1. The first-order chi connectivity index (χ1) is 13.0. The smallest absolute Gasteiger partial charge is 0.338 e. The SMILES string of the molecule is C=C/C=C(\C(=C)c1ccc(C(=O)OCc2ccccc2)c(C)c1)C(=O)OC. The molecular formula is C23H22O4. The molecule has 0 aliphatic rings. The normalized spacial score (nSPS) is 10.8. The van der Waals surface area contributed by atoms with Gasteiger partial charge in [0.15, 0.2) is 0 Å². The minimum Gasteiger partial charge on any atom is -0.465 e. The highest BCUT2D eigenvalue weighted by atomic mass is 16.5. The molecule has 0 aliphatic carbocycles. The summed E-state index contributed by atoms with van der Waals surface area (Å²) in [6.45, 7) is 9.60. The molecule has 0 saturated carbocycles. The van der Waals surface area contributed by atoms with Crippen LogP contribution >= 0.6 is 0 Å². The summed E-state index contributed by atoms with van der Waals surface area (Å²) in [7, 11) is 1.31. The minimum absolute atomic E-state index is 0.210. The van der Waals surface area contributed by atoms with Crippen molar-refractivity contribution in [3.8, 4) is 0 Å². The summed E-state index contributed by atoms with van der Waals surface area (Å²) in [5.74, 6) is -0.896. The molecule has 0 atom stereocenters. The van der Waals surface area contributed by atoms with Gasteiger partial charge in [0.1, 0.15) is 6.61 Å². The maximum absolute atomic E-state index is 12.4. The molecule has 0 amide bonds. The summed E-state index contributed by atoms with van der Waals surface area (Å²) in [6, 6.07) is 14.7. The van der Waals surface area contributed by atoms with Crippen molar-refractivity contribution >= 4 is 17.5 Å². The van der Waals surface area contributed by atoms with Crippen LogP contribution < -0.4 is 0 Å². The summed E-state index contributed by atoms with van der Waals surface area (Å²) in [5, 5.41) is 0. The van der Waals surface area contributed by atoms with Gasteiger partial charge in [0.25, 0.3) is 0 Å². The predicted molar refractivity (Wildman–Crippen MR) is 106 cm³/mol. The third-order valence-corrected chi connectivity index (χ3v) is 4.02. The van der Waals surface area contributed by atoms with Crippen LogP contribution in [0.5, 0.6) is 0 Å². The molecule has 0 radical (unpaired) electrons. The Morgan fingerprint density at radius 2 is 1.81 bits per heavy atom. The molecule has 0 N–H and O–H groups in total. The van der Waals surface area contributed by atoms with Crippen LogP contribution in [0.3, 0.4) is 0 Å². The molecule has 2 aromatic rings. The van der Waals surface area contributed by atoms with Crippen molar-refractivity contribution in [2.45, 2.75) is 13.5 Å². The first kappa shape index (κ1) is 19.9. The fourth-order valence-electron chi connectivity index (χ4n) is 2.56. The fraction of sp³-hybridized carbons (Fsp3) is 0.130. The van der Waals surface area contributed by atoms with Gasteiger partial charge in [0.2, 0.25) is 0 Å². The first-order valence-electron chi connectivity index (χ1n) is 8.40. The Balaban J connectivity index is 2.18. The third-order valence-electron chi connectivity index (χ3n) is 4.02. The van der Waals surface area contributed by atoms with Crippen molar-refractivity contribution in [1.29, 1.82) is 0 Å². The van der Waals surface area contributed by atoms with Crippen molar-refractivity contribution in [3.63, 3.8) is 0 Å². The number of benzene rings is 2. The van der Waals surface area contributed by atoms with E-state index in [0.717, 1.165) is 11.1 Å². The van der Waals surface area contributed by atoms with E-state index >= 15 is 0 Å². The van der Waals surface area contributed by atoms with Crippen LogP contribution in [0.25, 0.3) is 5.57 Å². The quantitative estimate of drug-likeness (QED) is 0.409.